The average molecular weight is 432 g/mol. The molecule has 0 spiro atoms. The monoisotopic (exact) mass is 431 g/mol. The van der Waals surface area contributed by atoms with Crippen LogP contribution in [0.25, 0.3) is 0 Å². The Morgan fingerprint density at radius 3 is 2.63 bits per heavy atom. The number of likely N-dealkylation sites (tertiary alicyclic amines) is 1. The highest BCUT2D eigenvalue weighted by Gasteiger charge is 2.25. The third-order valence-corrected chi connectivity index (χ3v) is 6.49. The summed E-state index contributed by atoms with van der Waals surface area (Å²) in [4.78, 5) is 14.7. The van der Waals surface area contributed by atoms with Crippen molar-refractivity contribution < 1.29 is 9.53 Å². The summed E-state index contributed by atoms with van der Waals surface area (Å²) >= 11 is 1.33. The molecule has 30 heavy (non-hydrogen) atoms. The molecule has 1 unspecified atom stereocenters. The van der Waals surface area contributed by atoms with Crippen molar-refractivity contribution in [2.45, 2.75) is 76.6 Å². The van der Waals surface area contributed by atoms with Gasteiger partial charge < -0.3 is 15.5 Å². The normalized spacial score (nSPS) is 17.2. The van der Waals surface area contributed by atoms with Crippen LogP contribution in [0.5, 0.6) is 5.75 Å². The molecular formula is C22H33N5O2S. The first kappa shape index (κ1) is 22.5. The summed E-state index contributed by atoms with van der Waals surface area (Å²) in [5.74, 6) is 7.88. The molecule has 2 heterocycles. The van der Waals surface area contributed by atoms with Gasteiger partial charge in [0.05, 0.1) is 5.75 Å². The van der Waals surface area contributed by atoms with Crippen molar-refractivity contribution in [1.82, 2.24) is 19.8 Å². The molecule has 3 rings (SSSR count). The van der Waals surface area contributed by atoms with Gasteiger partial charge in [-0.15, -0.1) is 10.2 Å². The van der Waals surface area contributed by atoms with Crippen molar-refractivity contribution in [3.05, 3.63) is 35.7 Å². The number of rotatable bonds is 7. The van der Waals surface area contributed by atoms with Gasteiger partial charge in [0.2, 0.25) is 11.1 Å². The maximum atomic E-state index is 12.6. The highest BCUT2D eigenvalue weighted by molar-refractivity contribution is 7.99. The van der Waals surface area contributed by atoms with E-state index in [0.717, 1.165) is 31.6 Å². The molecule has 7 nitrogen and oxygen atoms in total. The van der Waals surface area contributed by atoms with Crippen LogP contribution in [0.1, 0.15) is 64.8 Å². The molecule has 0 aliphatic carbocycles. The number of thioether (sulfide) groups is 1. The van der Waals surface area contributed by atoms with Crippen molar-refractivity contribution in [2.24, 2.45) is 0 Å². The highest BCUT2D eigenvalue weighted by Crippen LogP contribution is 2.25. The van der Waals surface area contributed by atoms with Gasteiger partial charge in [-0.3, -0.25) is 4.79 Å². The van der Waals surface area contributed by atoms with Crippen LogP contribution < -0.4 is 10.6 Å². The van der Waals surface area contributed by atoms with E-state index < -0.39 is 0 Å². The molecule has 2 N–H and O–H groups in total. The number of nitrogens with two attached hydrogens (primary N) is 1. The van der Waals surface area contributed by atoms with Crippen LogP contribution in [0.2, 0.25) is 0 Å². The van der Waals surface area contributed by atoms with Gasteiger partial charge in [0.25, 0.3) is 0 Å². The van der Waals surface area contributed by atoms with Gasteiger partial charge in [-0.05, 0) is 48.8 Å². The number of hydrogen-bond donors (Lipinski definition) is 1. The Kier molecular flexibility index (Phi) is 7.28. The number of carbonyl (C=O) groups excluding carboxylic acids is 1. The number of piperidine rings is 1. The van der Waals surface area contributed by atoms with E-state index in [0.29, 0.717) is 22.8 Å². The lowest BCUT2D eigenvalue weighted by molar-refractivity contribution is -0.132. The average Bonchev–Trinajstić information content (AvgIpc) is 3.09. The Morgan fingerprint density at radius 2 is 1.97 bits per heavy atom. The zero-order chi connectivity index (χ0) is 21.7. The topological polar surface area (TPSA) is 86.3 Å². The lowest BCUT2D eigenvalue weighted by Crippen LogP contribution is -2.44. The Morgan fingerprint density at radius 1 is 1.23 bits per heavy atom. The Hall–Kier alpha value is -2.22. The minimum absolute atomic E-state index is 0.102. The van der Waals surface area contributed by atoms with E-state index in [1.165, 1.54) is 28.4 Å². The van der Waals surface area contributed by atoms with E-state index in [-0.39, 0.29) is 17.9 Å². The number of benzene rings is 1. The minimum Gasteiger partial charge on any atom is -0.486 e. The molecule has 1 atom stereocenters. The third kappa shape index (κ3) is 5.47. The summed E-state index contributed by atoms with van der Waals surface area (Å²) in [6, 6.07) is 8.40. The molecule has 1 aliphatic rings. The third-order valence-electron chi connectivity index (χ3n) is 5.57. The van der Waals surface area contributed by atoms with Crippen molar-refractivity contribution in [2.75, 3.05) is 18.1 Å². The van der Waals surface area contributed by atoms with Crippen LogP contribution in [0.3, 0.4) is 0 Å². The summed E-state index contributed by atoms with van der Waals surface area (Å²) in [6.45, 7) is 9.74. The molecule has 0 saturated carbocycles. The van der Waals surface area contributed by atoms with E-state index in [9.17, 15) is 4.79 Å². The molecule has 1 saturated heterocycles. The second-order valence-electron chi connectivity index (χ2n) is 8.77. The molecule has 1 fully saturated rings. The predicted molar refractivity (Wildman–Crippen MR) is 120 cm³/mol. The summed E-state index contributed by atoms with van der Waals surface area (Å²) in [6.07, 6.45) is 4.38. The first-order valence-electron chi connectivity index (χ1n) is 10.6. The van der Waals surface area contributed by atoms with Crippen LogP contribution in [-0.2, 0) is 16.8 Å². The van der Waals surface area contributed by atoms with Crippen molar-refractivity contribution in [3.63, 3.8) is 0 Å². The van der Waals surface area contributed by atoms with Crippen LogP contribution in [0.4, 0.5) is 0 Å². The molecule has 164 valence electrons. The lowest BCUT2D eigenvalue weighted by atomic mass is 9.87. The zero-order valence-corrected chi connectivity index (χ0v) is 19.2. The fourth-order valence-electron chi connectivity index (χ4n) is 3.67. The van der Waals surface area contributed by atoms with E-state index in [1.807, 2.05) is 17.0 Å². The Labute approximate surface area is 183 Å². The number of aromatic nitrogens is 3. The molecule has 1 aromatic heterocycles. The smallest absolute Gasteiger partial charge is 0.233 e. The first-order chi connectivity index (χ1) is 14.3. The maximum absolute atomic E-state index is 12.6. The van der Waals surface area contributed by atoms with Crippen molar-refractivity contribution in [1.29, 1.82) is 0 Å². The summed E-state index contributed by atoms with van der Waals surface area (Å²) in [7, 11) is 0. The number of hydrogen-bond acceptors (Lipinski definition) is 6. The number of nitrogens with zero attached hydrogens (tertiary/aromatic N) is 4. The maximum Gasteiger partial charge on any atom is 0.233 e. The van der Waals surface area contributed by atoms with Gasteiger partial charge in [0, 0.05) is 12.6 Å². The molecule has 0 bridgehead atoms. The molecule has 1 aromatic carbocycles. The lowest BCUT2D eigenvalue weighted by Gasteiger charge is -2.35. The largest absolute Gasteiger partial charge is 0.486 e. The minimum atomic E-state index is 0.102. The fourth-order valence-corrected chi connectivity index (χ4v) is 4.43. The van der Waals surface area contributed by atoms with E-state index >= 15 is 0 Å². The zero-order valence-electron chi connectivity index (χ0n) is 18.4. The predicted octanol–water partition coefficient (Wildman–Crippen LogP) is 3.75. The molecule has 1 amide bonds. The van der Waals surface area contributed by atoms with Crippen molar-refractivity contribution in [3.8, 4) is 5.75 Å². The highest BCUT2D eigenvalue weighted by atomic mass is 32.2. The number of carbonyl (C=O) groups is 1. The van der Waals surface area contributed by atoms with Gasteiger partial charge in [0.15, 0.2) is 5.82 Å². The fraction of sp³-hybridized carbons (Fsp3) is 0.591. The number of nitrogen functional groups attached to an aromatic ring is 1. The molecule has 8 heteroatoms. The van der Waals surface area contributed by atoms with E-state index in [2.05, 4.69) is 50.0 Å². The molecular weight excluding hydrogens is 398 g/mol. The van der Waals surface area contributed by atoms with E-state index in [4.69, 9.17) is 10.6 Å². The standard InChI is InChI=1S/C22H33N5O2S/c1-5-17-8-6-7-13-26(17)20(28)15-30-21-25-24-19(27(21)23)14-29-18-11-9-16(10-12-18)22(2,3)4/h9-12,17H,5-8,13-15,23H2,1-4H3. The van der Waals surface area contributed by atoms with E-state index in [1.54, 1.807) is 0 Å². The molecule has 1 aliphatic heterocycles. The van der Waals surface area contributed by atoms with Gasteiger partial charge in [0.1, 0.15) is 12.4 Å². The van der Waals surface area contributed by atoms with Gasteiger partial charge in [-0.2, -0.15) is 0 Å². The number of ether oxygens (including phenoxy) is 1. The van der Waals surface area contributed by atoms with Crippen LogP contribution >= 0.6 is 11.8 Å². The number of amides is 1. The summed E-state index contributed by atoms with van der Waals surface area (Å²) in [5, 5.41) is 8.78. The second kappa shape index (κ2) is 9.73. The molecule has 2 aromatic rings. The summed E-state index contributed by atoms with van der Waals surface area (Å²) < 4.78 is 7.23. The Balaban J connectivity index is 1.53. The van der Waals surface area contributed by atoms with Gasteiger partial charge >= 0.3 is 0 Å². The summed E-state index contributed by atoms with van der Waals surface area (Å²) in [5.41, 5.74) is 1.35. The SMILES string of the molecule is CCC1CCCCN1C(=O)CSc1nnc(COc2ccc(C(C)(C)C)cc2)n1N. The van der Waals surface area contributed by atoms with Gasteiger partial charge in [-0.1, -0.05) is 51.6 Å². The van der Waals surface area contributed by atoms with Crippen LogP contribution in [0, 0.1) is 0 Å². The van der Waals surface area contributed by atoms with Gasteiger partial charge in [-0.25, -0.2) is 4.68 Å². The quantitative estimate of drug-likeness (QED) is 0.531. The van der Waals surface area contributed by atoms with Crippen molar-refractivity contribution >= 4 is 17.7 Å². The van der Waals surface area contributed by atoms with Crippen LogP contribution in [0.15, 0.2) is 29.4 Å². The van der Waals surface area contributed by atoms with Crippen LogP contribution in [-0.4, -0.2) is 44.0 Å². The Bertz CT molecular complexity index is 844. The first-order valence-corrected chi connectivity index (χ1v) is 11.6. The second-order valence-corrected chi connectivity index (χ2v) is 9.71. The molecule has 0 radical (unpaired) electrons.